The molecule has 0 aromatic heterocycles. The van der Waals surface area contributed by atoms with Gasteiger partial charge in [-0.2, -0.15) is 0 Å². The van der Waals surface area contributed by atoms with Crippen molar-refractivity contribution in [1.29, 1.82) is 0 Å². The van der Waals surface area contributed by atoms with E-state index in [4.69, 9.17) is 16.3 Å². The summed E-state index contributed by atoms with van der Waals surface area (Å²) in [5.74, 6) is -1.38. The molecule has 0 saturated carbocycles. The predicted octanol–water partition coefficient (Wildman–Crippen LogP) is 3.22. The smallest absolute Gasteiger partial charge is 0.341 e. The lowest BCUT2D eigenvalue weighted by molar-refractivity contribution is 0.0521. The highest BCUT2D eigenvalue weighted by molar-refractivity contribution is 6.31. The van der Waals surface area contributed by atoms with Gasteiger partial charge in [-0.05, 0) is 25.0 Å². The zero-order chi connectivity index (χ0) is 11.4. The maximum atomic E-state index is 13.6. The fourth-order valence-electron chi connectivity index (χ4n) is 1.23. The van der Waals surface area contributed by atoms with Gasteiger partial charge in [-0.25, -0.2) is 9.18 Å². The summed E-state index contributed by atoms with van der Waals surface area (Å²) in [5, 5.41) is 0.00283. The molecular weight excluding hydrogens is 219 g/mol. The van der Waals surface area contributed by atoms with Crippen LogP contribution in [0.3, 0.4) is 0 Å². The standard InChI is InChI=1S/C11H12ClFO2/c1-3-7-5-6-8(10(13)9(7)12)11(14)15-4-2/h5-6H,3-4H2,1-2H3. The number of ether oxygens (including phenoxy) is 1. The van der Waals surface area contributed by atoms with Crippen molar-refractivity contribution in [2.45, 2.75) is 20.3 Å². The molecule has 1 rings (SSSR count). The summed E-state index contributed by atoms with van der Waals surface area (Å²) < 4.78 is 18.3. The largest absolute Gasteiger partial charge is 0.462 e. The van der Waals surface area contributed by atoms with Crippen LogP contribution in [0.4, 0.5) is 4.39 Å². The zero-order valence-corrected chi connectivity index (χ0v) is 9.40. The van der Waals surface area contributed by atoms with Crippen LogP contribution < -0.4 is 0 Å². The van der Waals surface area contributed by atoms with E-state index in [1.54, 1.807) is 13.0 Å². The van der Waals surface area contributed by atoms with Crippen molar-refractivity contribution in [2.24, 2.45) is 0 Å². The van der Waals surface area contributed by atoms with E-state index in [1.165, 1.54) is 6.07 Å². The summed E-state index contributed by atoms with van der Waals surface area (Å²) in [6.45, 7) is 3.74. The molecule has 0 unspecified atom stereocenters. The van der Waals surface area contributed by atoms with E-state index in [2.05, 4.69) is 0 Å². The van der Waals surface area contributed by atoms with Gasteiger partial charge in [0, 0.05) is 0 Å². The first-order chi connectivity index (χ1) is 7.11. The molecule has 2 nitrogen and oxygen atoms in total. The summed E-state index contributed by atoms with van der Waals surface area (Å²) in [7, 11) is 0. The molecule has 0 aliphatic heterocycles. The van der Waals surface area contributed by atoms with E-state index in [0.29, 0.717) is 12.0 Å². The van der Waals surface area contributed by atoms with Crippen LogP contribution in [0.1, 0.15) is 29.8 Å². The van der Waals surface area contributed by atoms with E-state index < -0.39 is 11.8 Å². The fourth-order valence-corrected chi connectivity index (χ4v) is 1.53. The lowest BCUT2D eigenvalue weighted by atomic mass is 10.1. The summed E-state index contributed by atoms with van der Waals surface area (Å²) in [6.07, 6.45) is 0.624. The Balaban J connectivity index is 3.11. The maximum Gasteiger partial charge on any atom is 0.341 e. The van der Waals surface area contributed by atoms with Crippen molar-refractivity contribution >= 4 is 17.6 Å². The second-order valence-electron chi connectivity index (χ2n) is 2.97. The van der Waals surface area contributed by atoms with E-state index in [-0.39, 0.29) is 17.2 Å². The third kappa shape index (κ3) is 2.48. The molecule has 1 aromatic rings. The van der Waals surface area contributed by atoms with Crippen LogP contribution in [0.25, 0.3) is 0 Å². The lowest BCUT2D eigenvalue weighted by Gasteiger charge is -2.07. The normalized spacial score (nSPS) is 10.1. The van der Waals surface area contributed by atoms with E-state index in [9.17, 15) is 9.18 Å². The van der Waals surface area contributed by atoms with Crippen LogP contribution in [0.15, 0.2) is 12.1 Å². The van der Waals surface area contributed by atoms with Gasteiger partial charge in [-0.3, -0.25) is 0 Å². The van der Waals surface area contributed by atoms with Crippen molar-refractivity contribution in [3.63, 3.8) is 0 Å². The van der Waals surface area contributed by atoms with Gasteiger partial charge in [0.15, 0.2) is 5.82 Å². The van der Waals surface area contributed by atoms with Crippen LogP contribution in [-0.2, 0) is 11.2 Å². The van der Waals surface area contributed by atoms with Gasteiger partial charge in [0.1, 0.15) is 0 Å². The molecule has 0 amide bonds. The number of halogens is 2. The molecule has 0 atom stereocenters. The minimum atomic E-state index is -0.700. The maximum absolute atomic E-state index is 13.6. The predicted molar refractivity (Wildman–Crippen MR) is 56.7 cm³/mol. The summed E-state index contributed by atoms with van der Waals surface area (Å²) >= 11 is 5.76. The average Bonchev–Trinajstić information content (AvgIpc) is 2.22. The third-order valence-electron chi connectivity index (χ3n) is 2.04. The minimum absolute atomic E-state index is 0.00283. The lowest BCUT2D eigenvalue weighted by Crippen LogP contribution is -2.08. The number of carbonyl (C=O) groups excluding carboxylic acids is 1. The number of benzene rings is 1. The van der Waals surface area contributed by atoms with Crippen molar-refractivity contribution < 1.29 is 13.9 Å². The number of aryl methyl sites for hydroxylation is 1. The van der Waals surface area contributed by atoms with E-state index in [1.807, 2.05) is 6.92 Å². The van der Waals surface area contributed by atoms with Crippen LogP contribution in [0.5, 0.6) is 0 Å². The topological polar surface area (TPSA) is 26.3 Å². The van der Waals surface area contributed by atoms with Gasteiger partial charge in [-0.1, -0.05) is 24.6 Å². The summed E-state index contributed by atoms with van der Waals surface area (Å²) in [6, 6.07) is 3.04. The average molecular weight is 231 g/mol. The molecule has 0 radical (unpaired) electrons. The van der Waals surface area contributed by atoms with Crippen LogP contribution in [0, 0.1) is 5.82 Å². The SMILES string of the molecule is CCOC(=O)c1ccc(CC)c(Cl)c1F. The van der Waals surface area contributed by atoms with Crippen LogP contribution in [-0.4, -0.2) is 12.6 Å². The van der Waals surface area contributed by atoms with Gasteiger partial charge >= 0.3 is 5.97 Å². The molecule has 0 heterocycles. The summed E-state index contributed by atoms with van der Waals surface area (Å²) in [5.41, 5.74) is 0.571. The highest BCUT2D eigenvalue weighted by Gasteiger charge is 2.17. The van der Waals surface area contributed by atoms with Gasteiger partial charge in [-0.15, -0.1) is 0 Å². The Morgan fingerprint density at radius 1 is 1.47 bits per heavy atom. The number of hydrogen-bond donors (Lipinski definition) is 0. The molecule has 0 aliphatic rings. The zero-order valence-electron chi connectivity index (χ0n) is 8.64. The van der Waals surface area contributed by atoms with Crippen molar-refractivity contribution in [1.82, 2.24) is 0 Å². The Morgan fingerprint density at radius 2 is 2.13 bits per heavy atom. The molecule has 1 aromatic carbocycles. The van der Waals surface area contributed by atoms with Crippen molar-refractivity contribution in [2.75, 3.05) is 6.61 Å². The van der Waals surface area contributed by atoms with Gasteiger partial charge in [0.25, 0.3) is 0 Å². The fraction of sp³-hybridized carbons (Fsp3) is 0.364. The van der Waals surface area contributed by atoms with Crippen molar-refractivity contribution in [3.8, 4) is 0 Å². The minimum Gasteiger partial charge on any atom is -0.462 e. The van der Waals surface area contributed by atoms with Crippen LogP contribution in [0.2, 0.25) is 5.02 Å². The Kier molecular flexibility index (Phi) is 4.09. The summed E-state index contributed by atoms with van der Waals surface area (Å²) in [4.78, 5) is 11.3. The number of esters is 1. The molecular formula is C11H12ClFO2. The number of carbonyl (C=O) groups is 1. The Morgan fingerprint density at radius 3 is 2.67 bits per heavy atom. The molecule has 0 N–H and O–H groups in total. The van der Waals surface area contributed by atoms with E-state index >= 15 is 0 Å². The first-order valence-corrected chi connectivity index (χ1v) is 5.13. The Hall–Kier alpha value is -1.09. The van der Waals surface area contributed by atoms with Crippen LogP contribution >= 0.6 is 11.6 Å². The third-order valence-corrected chi connectivity index (χ3v) is 2.45. The Labute approximate surface area is 93.0 Å². The molecule has 0 saturated heterocycles. The van der Waals surface area contributed by atoms with Gasteiger partial charge in [0.05, 0.1) is 17.2 Å². The van der Waals surface area contributed by atoms with Crippen molar-refractivity contribution in [3.05, 3.63) is 34.1 Å². The molecule has 0 aliphatic carbocycles. The van der Waals surface area contributed by atoms with Gasteiger partial charge in [0.2, 0.25) is 0 Å². The number of rotatable bonds is 3. The number of hydrogen-bond acceptors (Lipinski definition) is 2. The van der Waals surface area contributed by atoms with E-state index in [0.717, 1.165) is 0 Å². The Bertz CT molecular complexity index is 377. The highest BCUT2D eigenvalue weighted by Crippen LogP contribution is 2.24. The molecule has 82 valence electrons. The first-order valence-electron chi connectivity index (χ1n) is 4.75. The molecule has 0 fully saturated rings. The molecule has 0 spiro atoms. The second kappa shape index (κ2) is 5.12. The molecule has 4 heteroatoms. The first kappa shape index (κ1) is 12.0. The monoisotopic (exact) mass is 230 g/mol. The highest BCUT2D eigenvalue weighted by atomic mass is 35.5. The molecule has 15 heavy (non-hydrogen) atoms. The molecule has 0 bridgehead atoms. The second-order valence-corrected chi connectivity index (χ2v) is 3.35. The van der Waals surface area contributed by atoms with Gasteiger partial charge < -0.3 is 4.74 Å². The quantitative estimate of drug-likeness (QED) is 0.746.